The molecule has 0 aliphatic rings. The van der Waals surface area contributed by atoms with Gasteiger partial charge in [-0.3, -0.25) is 14.3 Å². The van der Waals surface area contributed by atoms with E-state index < -0.39 is 5.91 Å². The van der Waals surface area contributed by atoms with Gasteiger partial charge in [-0.25, -0.2) is 4.79 Å². The van der Waals surface area contributed by atoms with Crippen LogP contribution in [0.5, 0.6) is 0 Å². The number of hydrogen-bond donors (Lipinski definition) is 4. The summed E-state index contributed by atoms with van der Waals surface area (Å²) in [7, 11) is 0. The fraction of sp³-hybridized carbons (Fsp3) is 0.269. The molecule has 7 N–H and O–H groups in total. The Morgan fingerprint density at radius 2 is 1.63 bits per heavy atom. The van der Waals surface area contributed by atoms with Gasteiger partial charge >= 0.3 is 5.69 Å². The smallest absolute Gasteiger partial charge is 0.354 e. The predicted octanol–water partition coefficient (Wildman–Crippen LogP) is 1.98. The van der Waals surface area contributed by atoms with Gasteiger partial charge in [-0.15, -0.1) is 0 Å². The quantitative estimate of drug-likeness (QED) is 0.262. The van der Waals surface area contributed by atoms with E-state index in [1.807, 2.05) is 30.3 Å². The molecule has 0 unspecified atom stereocenters. The summed E-state index contributed by atoms with van der Waals surface area (Å²) in [6, 6.07) is 16.8. The molecule has 0 atom stereocenters. The lowest BCUT2D eigenvalue weighted by atomic mass is 10.1. The van der Waals surface area contributed by atoms with Crippen LogP contribution in [-0.4, -0.2) is 51.5 Å². The molecule has 182 valence electrons. The van der Waals surface area contributed by atoms with Crippen molar-refractivity contribution in [3.8, 4) is 16.9 Å². The first-order chi connectivity index (χ1) is 17.0. The number of nitrogens with one attached hydrogen (secondary N) is 1. The van der Waals surface area contributed by atoms with Crippen molar-refractivity contribution < 1.29 is 4.79 Å². The summed E-state index contributed by atoms with van der Waals surface area (Å²) in [6.07, 6.45) is 3.67. The van der Waals surface area contributed by atoms with Crippen molar-refractivity contribution in [2.24, 2.45) is 17.2 Å². The van der Waals surface area contributed by atoms with Crippen molar-refractivity contribution in [3.05, 3.63) is 82.4 Å². The van der Waals surface area contributed by atoms with Crippen LogP contribution >= 0.6 is 0 Å². The molecule has 0 aliphatic carbocycles. The normalized spacial score (nSPS) is 11.4. The number of benzene rings is 2. The van der Waals surface area contributed by atoms with Gasteiger partial charge in [-0.05, 0) is 80.5 Å². The second-order valence-electron chi connectivity index (χ2n) is 8.55. The van der Waals surface area contributed by atoms with Gasteiger partial charge in [0.15, 0.2) is 0 Å². The highest BCUT2D eigenvalue weighted by atomic mass is 16.1. The number of H-pyrrole nitrogens is 1. The lowest BCUT2D eigenvalue weighted by Gasteiger charge is -2.22. The van der Waals surface area contributed by atoms with Gasteiger partial charge in [-0.2, -0.15) is 4.98 Å². The number of hydrogen-bond acceptors (Lipinski definition) is 6. The maximum Gasteiger partial charge on any atom is 0.354 e. The molecule has 4 aromatic rings. The molecule has 9 heteroatoms. The lowest BCUT2D eigenvalue weighted by Crippen LogP contribution is -2.28. The molecule has 35 heavy (non-hydrogen) atoms. The van der Waals surface area contributed by atoms with Crippen LogP contribution in [0.4, 0.5) is 0 Å². The van der Waals surface area contributed by atoms with Crippen molar-refractivity contribution in [3.63, 3.8) is 0 Å². The van der Waals surface area contributed by atoms with Crippen LogP contribution in [0.25, 0.3) is 28.0 Å². The Kier molecular flexibility index (Phi) is 7.71. The molecule has 0 bridgehead atoms. The summed E-state index contributed by atoms with van der Waals surface area (Å²) in [5.41, 5.74) is 20.8. The van der Waals surface area contributed by atoms with Gasteiger partial charge in [0.1, 0.15) is 5.65 Å². The molecule has 9 nitrogen and oxygen atoms in total. The molecule has 0 radical (unpaired) electrons. The Hall–Kier alpha value is -3.79. The zero-order chi connectivity index (χ0) is 24.8. The molecule has 4 rings (SSSR count). The Labute approximate surface area is 203 Å². The highest BCUT2D eigenvalue weighted by Gasteiger charge is 2.11. The third-order valence-electron chi connectivity index (χ3n) is 5.97. The minimum Gasteiger partial charge on any atom is -0.366 e. The number of fused-ring (bicyclic) bond motifs is 1. The van der Waals surface area contributed by atoms with Crippen molar-refractivity contribution in [1.29, 1.82) is 0 Å². The van der Waals surface area contributed by atoms with E-state index in [0.29, 0.717) is 24.3 Å². The molecule has 0 aliphatic heterocycles. The summed E-state index contributed by atoms with van der Waals surface area (Å²) in [4.78, 5) is 33.8. The summed E-state index contributed by atoms with van der Waals surface area (Å²) >= 11 is 0. The molecular formula is C26H31N7O2. The molecule has 2 heterocycles. The van der Waals surface area contributed by atoms with Crippen LogP contribution in [0.3, 0.4) is 0 Å². The van der Waals surface area contributed by atoms with Gasteiger partial charge in [0.05, 0.1) is 5.69 Å². The fourth-order valence-corrected chi connectivity index (χ4v) is 4.07. The number of aromatic nitrogens is 3. The average molecular weight is 474 g/mol. The van der Waals surface area contributed by atoms with E-state index in [0.717, 1.165) is 60.4 Å². The monoisotopic (exact) mass is 473 g/mol. The zero-order valence-corrected chi connectivity index (χ0v) is 19.6. The summed E-state index contributed by atoms with van der Waals surface area (Å²) in [5.74, 6) is -0.475. The molecular weight excluding hydrogens is 442 g/mol. The summed E-state index contributed by atoms with van der Waals surface area (Å²) < 4.78 is 1.54. The number of nitrogens with zero attached hydrogens (tertiary/aromatic N) is 3. The number of rotatable bonds is 11. The third-order valence-corrected chi connectivity index (χ3v) is 5.97. The van der Waals surface area contributed by atoms with Crippen LogP contribution < -0.4 is 22.9 Å². The lowest BCUT2D eigenvalue weighted by molar-refractivity contribution is 0.100. The molecule has 0 saturated carbocycles. The fourth-order valence-electron chi connectivity index (χ4n) is 4.07. The minimum atomic E-state index is -0.475. The standard InChI is InChI=1S/C26H31N7O2/c27-11-1-13-32(14-2-12-28)16-18-3-9-22(10-4-18)33-17-21-15-23(30-25(21)31-26(33)35)19-5-7-20(8-6-19)24(29)34/h3-10,15,17H,1-2,11-14,16,27-28H2,(H2,29,34)(H,30,31,35). The zero-order valence-electron chi connectivity index (χ0n) is 19.6. The SMILES string of the molecule is NCCCN(CCCN)Cc1ccc(-n2cc3cc(-c4ccc(C(N)=O)cc4)[nH]c3nc2=O)cc1. The molecule has 0 fully saturated rings. The highest BCUT2D eigenvalue weighted by molar-refractivity contribution is 5.93. The largest absolute Gasteiger partial charge is 0.366 e. The first-order valence-electron chi connectivity index (χ1n) is 11.7. The van der Waals surface area contributed by atoms with E-state index in [2.05, 4.69) is 14.9 Å². The van der Waals surface area contributed by atoms with Gasteiger partial charge in [0.25, 0.3) is 0 Å². The van der Waals surface area contributed by atoms with Crippen LogP contribution in [0.15, 0.2) is 65.6 Å². The second kappa shape index (κ2) is 11.1. The number of nitrogens with two attached hydrogens (primary N) is 3. The first-order valence-corrected chi connectivity index (χ1v) is 11.7. The van der Waals surface area contributed by atoms with E-state index in [1.54, 1.807) is 35.0 Å². The van der Waals surface area contributed by atoms with E-state index >= 15 is 0 Å². The third kappa shape index (κ3) is 5.83. The number of carbonyl (C=O) groups is 1. The van der Waals surface area contributed by atoms with Crippen LogP contribution in [0.1, 0.15) is 28.8 Å². The number of aromatic amines is 1. The van der Waals surface area contributed by atoms with Crippen LogP contribution in [0.2, 0.25) is 0 Å². The number of amides is 1. The minimum absolute atomic E-state index is 0.366. The van der Waals surface area contributed by atoms with E-state index in [1.165, 1.54) is 0 Å². The number of primary amides is 1. The molecule has 1 amide bonds. The van der Waals surface area contributed by atoms with E-state index in [4.69, 9.17) is 17.2 Å². The molecule has 2 aromatic carbocycles. The Balaban J connectivity index is 1.55. The van der Waals surface area contributed by atoms with Crippen molar-refractivity contribution >= 4 is 16.9 Å². The van der Waals surface area contributed by atoms with Crippen molar-refractivity contribution in [1.82, 2.24) is 19.4 Å². The van der Waals surface area contributed by atoms with Gasteiger partial charge in [0, 0.05) is 29.4 Å². The van der Waals surface area contributed by atoms with E-state index in [9.17, 15) is 9.59 Å². The van der Waals surface area contributed by atoms with Crippen molar-refractivity contribution in [2.45, 2.75) is 19.4 Å². The Morgan fingerprint density at radius 1 is 0.971 bits per heavy atom. The first kappa shape index (κ1) is 24.3. The predicted molar refractivity (Wildman–Crippen MR) is 138 cm³/mol. The van der Waals surface area contributed by atoms with Crippen LogP contribution in [-0.2, 0) is 6.54 Å². The second-order valence-corrected chi connectivity index (χ2v) is 8.55. The summed E-state index contributed by atoms with van der Waals surface area (Å²) in [5, 5.41) is 0.803. The van der Waals surface area contributed by atoms with Gasteiger partial charge in [0.2, 0.25) is 5.91 Å². The van der Waals surface area contributed by atoms with Gasteiger partial charge < -0.3 is 22.2 Å². The Bertz CT molecular complexity index is 1330. The van der Waals surface area contributed by atoms with Crippen molar-refractivity contribution in [2.75, 3.05) is 26.2 Å². The van der Waals surface area contributed by atoms with Crippen LogP contribution in [0, 0.1) is 0 Å². The average Bonchev–Trinajstić information content (AvgIpc) is 3.28. The number of carbonyl (C=O) groups excluding carboxylic acids is 1. The molecule has 0 spiro atoms. The molecule has 0 saturated heterocycles. The summed E-state index contributed by atoms with van der Waals surface area (Å²) in [6.45, 7) is 3.99. The maximum absolute atomic E-state index is 12.7. The molecule has 2 aromatic heterocycles. The topological polar surface area (TPSA) is 149 Å². The van der Waals surface area contributed by atoms with Gasteiger partial charge in [-0.1, -0.05) is 24.3 Å². The Morgan fingerprint density at radius 3 is 2.23 bits per heavy atom. The maximum atomic E-state index is 12.7. The highest BCUT2D eigenvalue weighted by Crippen LogP contribution is 2.23. The van der Waals surface area contributed by atoms with E-state index in [-0.39, 0.29) is 5.69 Å².